The highest BCUT2D eigenvalue weighted by Crippen LogP contribution is 2.34. The summed E-state index contributed by atoms with van der Waals surface area (Å²) in [5.74, 6) is -0.258. The van der Waals surface area contributed by atoms with Crippen molar-refractivity contribution in [1.82, 2.24) is 24.8 Å². The zero-order chi connectivity index (χ0) is 26.1. The Morgan fingerprint density at radius 2 is 1.81 bits per heavy atom. The van der Waals surface area contributed by atoms with Crippen LogP contribution in [0, 0.1) is 20.8 Å². The molecule has 2 N–H and O–H groups in total. The molecule has 0 bridgehead atoms. The molecule has 2 heterocycles. The molecule has 194 valence electrons. The van der Waals surface area contributed by atoms with E-state index in [4.69, 9.17) is 11.6 Å². The van der Waals surface area contributed by atoms with E-state index in [0.29, 0.717) is 33.9 Å². The lowest BCUT2D eigenvalue weighted by molar-refractivity contribution is 0.0950. The van der Waals surface area contributed by atoms with Gasteiger partial charge in [-0.05, 0) is 91.2 Å². The van der Waals surface area contributed by atoms with E-state index in [9.17, 15) is 9.59 Å². The highest BCUT2D eigenvalue weighted by molar-refractivity contribution is 6.31. The summed E-state index contributed by atoms with van der Waals surface area (Å²) in [5.41, 5.74) is 4.83. The first-order valence-electron chi connectivity index (χ1n) is 12.7. The molecule has 0 atom stereocenters. The molecule has 3 aromatic rings. The van der Waals surface area contributed by atoms with Crippen LogP contribution in [0.15, 0.2) is 23.0 Å². The third kappa shape index (κ3) is 5.15. The van der Waals surface area contributed by atoms with Gasteiger partial charge in [-0.3, -0.25) is 14.7 Å². The van der Waals surface area contributed by atoms with E-state index in [-0.39, 0.29) is 18.0 Å². The molecule has 0 unspecified atom stereocenters. The highest BCUT2D eigenvalue weighted by atomic mass is 35.5. The van der Waals surface area contributed by atoms with Gasteiger partial charge < -0.3 is 15.1 Å². The smallest absolute Gasteiger partial charge is 0.271 e. The molecule has 0 spiro atoms. The monoisotopic (exact) mass is 512 g/mol. The lowest BCUT2D eigenvalue weighted by Crippen LogP contribution is -2.42. The molecule has 0 saturated heterocycles. The van der Waals surface area contributed by atoms with Crippen molar-refractivity contribution >= 4 is 28.8 Å². The number of anilines is 1. The summed E-state index contributed by atoms with van der Waals surface area (Å²) < 4.78 is 1.66. The minimum absolute atomic E-state index is 0.0773. The van der Waals surface area contributed by atoms with Gasteiger partial charge in [0.1, 0.15) is 0 Å². The first-order valence-corrected chi connectivity index (χ1v) is 13.1. The van der Waals surface area contributed by atoms with Crippen molar-refractivity contribution in [1.29, 1.82) is 0 Å². The summed E-state index contributed by atoms with van der Waals surface area (Å²) in [6, 6.07) is 6.62. The first-order chi connectivity index (χ1) is 17.1. The number of nitrogens with zero attached hydrogens (tertiary/aromatic N) is 4. The zero-order valence-corrected chi connectivity index (χ0v) is 22.9. The summed E-state index contributed by atoms with van der Waals surface area (Å²) in [7, 11) is 4.30. The number of nitrogens with one attached hydrogen (secondary N) is 2. The second-order valence-electron chi connectivity index (χ2n) is 10.1. The van der Waals surface area contributed by atoms with Crippen molar-refractivity contribution in [2.75, 3.05) is 25.5 Å². The molecule has 1 saturated carbocycles. The maximum absolute atomic E-state index is 13.3. The molecule has 1 amide bonds. The van der Waals surface area contributed by atoms with Gasteiger partial charge in [0.2, 0.25) is 0 Å². The van der Waals surface area contributed by atoms with Gasteiger partial charge in [0.15, 0.2) is 5.65 Å². The van der Waals surface area contributed by atoms with Crippen molar-refractivity contribution in [3.05, 3.63) is 61.7 Å². The molecule has 1 aromatic carbocycles. The number of fused-ring (bicyclic) bond motifs is 1. The van der Waals surface area contributed by atoms with Gasteiger partial charge in [-0.25, -0.2) is 9.50 Å². The Bertz CT molecular complexity index is 1320. The molecule has 4 rings (SSSR count). The SMILES string of the molecule is CCN(c1cc(Cl)cc(C(=O)NCc2c(=O)[nH]n3c(C)cc(C)nc23)c1C)C1CCC(N(C)C)CC1. The molecular formula is C27H37ClN6O2. The fraction of sp³-hybridized carbons (Fsp3) is 0.519. The van der Waals surface area contributed by atoms with E-state index < -0.39 is 0 Å². The maximum Gasteiger partial charge on any atom is 0.271 e. The number of rotatable bonds is 7. The molecular weight excluding hydrogens is 476 g/mol. The molecule has 8 nitrogen and oxygen atoms in total. The fourth-order valence-corrected chi connectivity index (χ4v) is 5.74. The average Bonchev–Trinajstić information content (AvgIpc) is 3.15. The summed E-state index contributed by atoms with van der Waals surface area (Å²) in [6.45, 7) is 8.84. The zero-order valence-electron chi connectivity index (χ0n) is 22.1. The highest BCUT2D eigenvalue weighted by Gasteiger charge is 2.28. The van der Waals surface area contributed by atoms with E-state index in [1.165, 1.54) is 0 Å². The number of carbonyl (C=O) groups is 1. The van der Waals surface area contributed by atoms with Gasteiger partial charge in [0.25, 0.3) is 11.5 Å². The maximum atomic E-state index is 13.3. The van der Waals surface area contributed by atoms with E-state index in [0.717, 1.165) is 54.9 Å². The third-order valence-electron chi connectivity index (χ3n) is 7.52. The fourth-order valence-electron chi connectivity index (χ4n) is 5.53. The molecule has 1 aliphatic rings. The third-order valence-corrected chi connectivity index (χ3v) is 7.74. The van der Waals surface area contributed by atoms with Crippen molar-refractivity contribution in [3.63, 3.8) is 0 Å². The van der Waals surface area contributed by atoms with Gasteiger partial charge in [0, 0.05) is 46.3 Å². The van der Waals surface area contributed by atoms with Crippen LogP contribution in [0.4, 0.5) is 5.69 Å². The minimum atomic E-state index is -0.259. The first kappa shape index (κ1) is 26.2. The summed E-state index contributed by atoms with van der Waals surface area (Å²) >= 11 is 6.53. The van der Waals surface area contributed by atoms with Crippen LogP contribution < -0.4 is 15.8 Å². The average molecular weight is 513 g/mol. The Morgan fingerprint density at radius 1 is 1.14 bits per heavy atom. The number of amides is 1. The normalized spacial score (nSPS) is 18.1. The predicted molar refractivity (Wildman–Crippen MR) is 145 cm³/mol. The largest absolute Gasteiger partial charge is 0.369 e. The van der Waals surface area contributed by atoms with Crippen LogP contribution in [0.25, 0.3) is 5.65 Å². The second kappa shape index (κ2) is 10.6. The summed E-state index contributed by atoms with van der Waals surface area (Å²) in [4.78, 5) is 35.1. The molecule has 1 aliphatic carbocycles. The number of aromatic amines is 1. The van der Waals surface area contributed by atoms with Crippen molar-refractivity contribution in [3.8, 4) is 0 Å². The number of carbonyl (C=O) groups excluding carboxylic acids is 1. The number of halogens is 1. The Kier molecular flexibility index (Phi) is 7.76. The molecule has 1 fully saturated rings. The van der Waals surface area contributed by atoms with E-state index >= 15 is 0 Å². The van der Waals surface area contributed by atoms with Crippen LogP contribution in [-0.4, -0.2) is 58.1 Å². The summed E-state index contributed by atoms with van der Waals surface area (Å²) in [5, 5.41) is 6.26. The lowest BCUT2D eigenvalue weighted by Gasteiger charge is -2.40. The number of benzene rings is 1. The number of hydrogen-bond acceptors (Lipinski definition) is 5. The number of hydrogen-bond donors (Lipinski definition) is 2. The van der Waals surface area contributed by atoms with Crippen molar-refractivity contribution < 1.29 is 4.79 Å². The Hall–Kier alpha value is -2.84. The van der Waals surface area contributed by atoms with Crippen LogP contribution in [-0.2, 0) is 6.54 Å². The second-order valence-corrected chi connectivity index (χ2v) is 10.5. The molecule has 0 aliphatic heterocycles. The van der Waals surface area contributed by atoms with Crippen molar-refractivity contribution in [2.45, 2.75) is 72.0 Å². The van der Waals surface area contributed by atoms with Gasteiger partial charge in [-0.2, -0.15) is 0 Å². The van der Waals surface area contributed by atoms with E-state index in [1.807, 2.05) is 32.9 Å². The van der Waals surface area contributed by atoms with Gasteiger partial charge in [-0.15, -0.1) is 0 Å². The molecule has 9 heteroatoms. The van der Waals surface area contributed by atoms with Gasteiger partial charge in [0.05, 0.1) is 12.1 Å². The molecule has 0 radical (unpaired) electrons. The Labute approximate surface area is 217 Å². The van der Waals surface area contributed by atoms with E-state index in [2.05, 4.69) is 46.2 Å². The molecule has 2 aromatic heterocycles. The minimum Gasteiger partial charge on any atom is -0.369 e. The number of H-pyrrole nitrogens is 1. The number of aryl methyl sites for hydroxylation is 2. The Morgan fingerprint density at radius 3 is 2.44 bits per heavy atom. The van der Waals surface area contributed by atoms with Gasteiger partial charge >= 0.3 is 0 Å². The van der Waals surface area contributed by atoms with Gasteiger partial charge in [-0.1, -0.05) is 11.6 Å². The number of aromatic nitrogens is 3. The van der Waals surface area contributed by atoms with Crippen LogP contribution in [0.3, 0.4) is 0 Å². The van der Waals surface area contributed by atoms with Crippen LogP contribution in [0.2, 0.25) is 5.02 Å². The predicted octanol–water partition coefficient (Wildman–Crippen LogP) is 4.23. The standard InChI is InChI=1S/C27H37ClN6O2/c1-7-33(21-10-8-20(9-11-21)32(5)6)24-14-19(28)13-22(18(24)4)26(35)29-15-23-25-30-16(2)12-17(3)34(25)31-27(23)36/h12-14,20-21H,7-11,15H2,1-6H3,(H,29,35)(H,31,36). The van der Waals surface area contributed by atoms with Crippen LogP contribution in [0.5, 0.6) is 0 Å². The summed E-state index contributed by atoms with van der Waals surface area (Å²) in [6.07, 6.45) is 4.55. The van der Waals surface area contributed by atoms with E-state index in [1.54, 1.807) is 10.6 Å². The topological polar surface area (TPSA) is 85.7 Å². The lowest BCUT2D eigenvalue weighted by atomic mass is 9.89. The van der Waals surface area contributed by atoms with Crippen LogP contribution in [0.1, 0.15) is 65.5 Å². The van der Waals surface area contributed by atoms with Crippen molar-refractivity contribution in [2.24, 2.45) is 0 Å². The molecule has 36 heavy (non-hydrogen) atoms. The Balaban J connectivity index is 1.57. The quantitative estimate of drug-likeness (QED) is 0.495. The van der Waals surface area contributed by atoms with Crippen LogP contribution >= 0.6 is 11.6 Å².